The molecule has 1 heterocycles. The van der Waals surface area contributed by atoms with Crippen LogP contribution < -0.4 is 5.32 Å². The summed E-state index contributed by atoms with van der Waals surface area (Å²) in [6, 6.07) is 15.4. The van der Waals surface area contributed by atoms with Crippen LogP contribution in [0.2, 0.25) is 0 Å². The van der Waals surface area contributed by atoms with Crippen LogP contribution in [-0.2, 0) is 11.2 Å². The average Bonchev–Trinajstić information content (AvgIpc) is 3.15. The number of carboxylic acid groups (broad SMARTS) is 1. The number of rotatable bonds is 7. The number of amides is 1. The van der Waals surface area contributed by atoms with Gasteiger partial charge >= 0.3 is 5.97 Å². The second-order valence-electron chi connectivity index (χ2n) is 6.95. The van der Waals surface area contributed by atoms with E-state index in [4.69, 9.17) is 0 Å². The number of carbonyl (C=O) groups is 2. The highest BCUT2D eigenvalue weighted by Crippen LogP contribution is 2.21. The van der Waals surface area contributed by atoms with Gasteiger partial charge in [-0.25, -0.2) is 0 Å². The molecule has 0 aliphatic carbocycles. The Kier molecular flexibility index (Phi) is 5.54. The van der Waals surface area contributed by atoms with Crippen LogP contribution in [-0.4, -0.2) is 33.7 Å². The summed E-state index contributed by atoms with van der Waals surface area (Å²) in [5.74, 6) is -1.80. The maximum atomic E-state index is 12.3. The van der Waals surface area contributed by atoms with Crippen LogP contribution in [0, 0.1) is 5.92 Å². The number of carboxylic acids is 1. The SMILES string of the molecule is CC(C)c1cc(C(=O)NCC(Cc2cccc3ccccc23)C(=O)O)n[nH]1. The molecule has 0 radical (unpaired) electrons. The zero-order chi connectivity index (χ0) is 19.4. The highest BCUT2D eigenvalue weighted by Gasteiger charge is 2.21. The van der Waals surface area contributed by atoms with Gasteiger partial charge in [0.1, 0.15) is 5.69 Å². The minimum atomic E-state index is -0.937. The van der Waals surface area contributed by atoms with Crippen molar-refractivity contribution in [3.8, 4) is 0 Å². The van der Waals surface area contributed by atoms with E-state index < -0.39 is 11.9 Å². The van der Waals surface area contributed by atoms with E-state index in [9.17, 15) is 14.7 Å². The van der Waals surface area contributed by atoms with Gasteiger partial charge in [-0.05, 0) is 34.7 Å². The number of hydrogen-bond donors (Lipinski definition) is 3. The average molecular weight is 365 g/mol. The Morgan fingerprint density at radius 2 is 1.89 bits per heavy atom. The Bertz CT molecular complexity index is 957. The number of H-pyrrole nitrogens is 1. The lowest BCUT2D eigenvalue weighted by molar-refractivity contribution is -0.141. The van der Waals surface area contributed by atoms with Crippen LogP contribution >= 0.6 is 0 Å². The maximum Gasteiger partial charge on any atom is 0.308 e. The molecule has 1 aromatic heterocycles. The van der Waals surface area contributed by atoms with Crippen LogP contribution in [0.4, 0.5) is 0 Å². The fourth-order valence-electron chi connectivity index (χ4n) is 3.04. The zero-order valence-corrected chi connectivity index (χ0v) is 15.4. The fraction of sp³-hybridized carbons (Fsp3) is 0.286. The second kappa shape index (κ2) is 8.03. The predicted octanol–water partition coefficient (Wildman–Crippen LogP) is 3.36. The largest absolute Gasteiger partial charge is 0.481 e. The molecule has 3 N–H and O–H groups in total. The van der Waals surface area contributed by atoms with Crippen molar-refractivity contribution in [3.05, 3.63) is 65.5 Å². The molecule has 140 valence electrons. The topological polar surface area (TPSA) is 95.1 Å². The van der Waals surface area contributed by atoms with Gasteiger partial charge in [-0.15, -0.1) is 0 Å². The zero-order valence-electron chi connectivity index (χ0n) is 15.4. The van der Waals surface area contributed by atoms with Crippen molar-refractivity contribution >= 4 is 22.6 Å². The summed E-state index contributed by atoms with van der Waals surface area (Å²) < 4.78 is 0. The first-order valence-electron chi connectivity index (χ1n) is 8.98. The molecule has 3 aromatic rings. The van der Waals surface area contributed by atoms with E-state index in [0.717, 1.165) is 22.0 Å². The molecule has 0 saturated heterocycles. The molecule has 1 amide bonds. The van der Waals surface area contributed by atoms with Crippen molar-refractivity contribution in [2.24, 2.45) is 5.92 Å². The molecule has 0 spiro atoms. The Labute approximate surface area is 157 Å². The van der Waals surface area contributed by atoms with E-state index in [1.165, 1.54) is 0 Å². The molecule has 2 aromatic carbocycles. The lowest BCUT2D eigenvalue weighted by Crippen LogP contribution is -2.34. The smallest absolute Gasteiger partial charge is 0.308 e. The number of nitrogens with one attached hydrogen (secondary N) is 2. The molecule has 0 fully saturated rings. The van der Waals surface area contributed by atoms with E-state index in [2.05, 4.69) is 15.5 Å². The molecule has 6 nitrogen and oxygen atoms in total. The highest BCUT2D eigenvalue weighted by atomic mass is 16.4. The summed E-state index contributed by atoms with van der Waals surface area (Å²) in [5, 5.41) is 21.2. The van der Waals surface area contributed by atoms with Gasteiger partial charge in [-0.1, -0.05) is 56.3 Å². The van der Waals surface area contributed by atoms with Crippen molar-refractivity contribution < 1.29 is 14.7 Å². The lowest BCUT2D eigenvalue weighted by atomic mass is 9.95. The van der Waals surface area contributed by atoms with E-state index in [1.807, 2.05) is 56.3 Å². The van der Waals surface area contributed by atoms with E-state index >= 15 is 0 Å². The van der Waals surface area contributed by atoms with Crippen LogP contribution in [0.3, 0.4) is 0 Å². The number of carbonyl (C=O) groups excluding carboxylic acids is 1. The third-order valence-electron chi connectivity index (χ3n) is 4.66. The molecule has 27 heavy (non-hydrogen) atoms. The number of hydrogen-bond acceptors (Lipinski definition) is 3. The molecule has 0 aliphatic rings. The summed E-state index contributed by atoms with van der Waals surface area (Å²) in [6.07, 6.45) is 0.342. The number of nitrogens with zero attached hydrogens (tertiary/aromatic N) is 1. The summed E-state index contributed by atoms with van der Waals surface area (Å²) >= 11 is 0. The molecule has 0 saturated carbocycles. The van der Waals surface area contributed by atoms with E-state index in [1.54, 1.807) is 6.07 Å². The van der Waals surface area contributed by atoms with Gasteiger partial charge in [0, 0.05) is 12.2 Å². The molecule has 3 rings (SSSR count). The van der Waals surface area contributed by atoms with Crippen LogP contribution in [0.15, 0.2) is 48.5 Å². The molecule has 0 aliphatic heterocycles. The van der Waals surface area contributed by atoms with E-state index in [0.29, 0.717) is 6.42 Å². The second-order valence-corrected chi connectivity index (χ2v) is 6.95. The molecule has 0 bridgehead atoms. The summed E-state index contributed by atoms with van der Waals surface area (Å²) in [5.41, 5.74) is 2.09. The first-order valence-corrected chi connectivity index (χ1v) is 8.98. The fourth-order valence-corrected chi connectivity index (χ4v) is 3.04. The third-order valence-corrected chi connectivity index (χ3v) is 4.66. The van der Waals surface area contributed by atoms with Gasteiger partial charge in [0.25, 0.3) is 5.91 Å². The number of aliphatic carboxylic acids is 1. The Morgan fingerprint density at radius 3 is 2.59 bits per heavy atom. The quantitative estimate of drug-likeness (QED) is 0.598. The number of fused-ring (bicyclic) bond motifs is 1. The van der Waals surface area contributed by atoms with Crippen LogP contribution in [0.5, 0.6) is 0 Å². The Balaban J connectivity index is 1.70. The highest BCUT2D eigenvalue weighted by molar-refractivity contribution is 5.92. The van der Waals surface area contributed by atoms with Crippen molar-refractivity contribution in [2.45, 2.75) is 26.2 Å². The molecule has 6 heteroatoms. The van der Waals surface area contributed by atoms with Crippen LogP contribution in [0.1, 0.15) is 41.5 Å². The van der Waals surface area contributed by atoms with Gasteiger partial charge in [-0.2, -0.15) is 5.10 Å². The van der Waals surface area contributed by atoms with Crippen molar-refractivity contribution in [1.82, 2.24) is 15.5 Å². The molecular weight excluding hydrogens is 342 g/mol. The first-order chi connectivity index (χ1) is 13.0. The molecule has 1 unspecified atom stereocenters. The minimum Gasteiger partial charge on any atom is -0.481 e. The van der Waals surface area contributed by atoms with Gasteiger partial charge < -0.3 is 10.4 Å². The summed E-state index contributed by atoms with van der Waals surface area (Å²) in [6.45, 7) is 4.04. The third kappa shape index (κ3) is 4.34. The Morgan fingerprint density at radius 1 is 1.15 bits per heavy atom. The van der Waals surface area contributed by atoms with Gasteiger partial charge in [-0.3, -0.25) is 14.7 Å². The number of aromatic amines is 1. The van der Waals surface area contributed by atoms with Crippen molar-refractivity contribution in [1.29, 1.82) is 0 Å². The van der Waals surface area contributed by atoms with E-state index in [-0.39, 0.29) is 24.1 Å². The lowest BCUT2D eigenvalue weighted by Gasteiger charge is -2.14. The van der Waals surface area contributed by atoms with Crippen LogP contribution in [0.25, 0.3) is 10.8 Å². The predicted molar refractivity (Wildman–Crippen MR) is 104 cm³/mol. The normalized spacial score (nSPS) is 12.3. The molecular formula is C21H23N3O3. The summed E-state index contributed by atoms with van der Waals surface area (Å²) in [7, 11) is 0. The number of aromatic nitrogens is 2. The van der Waals surface area contributed by atoms with Gasteiger partial charge in [0.05, 0.1) is 5.92 Å². The monoisotopic (exact) mass is 365 g/mol. The van der Waals surface area contributed by atoms with Crippen molar-refractivity contribution in [3.63, 3.8) is 0 Å². The summed E-state index contributed by atoms with van der Waals surface area (Å²) in [4.78, 5) is 24.0. The first kappa shape index (κ1) is 18.6. The molecule has 1 atom stereocenters. The standard InChI is InChI=1S/C21H23N3O3/c1-13(2)18-11-19(24-23-18)20(25)22-12-16(21(26)27)10-15-8-5-7-14-6-3-4-9-17(14)15/h3-9,11,13,16H,10,12H2,1-2H3,(H,22,25)(H,23,24)(H,26,27). The number of benzene rings is 2. The maximum absolute atomic E-state index is 12.3. The minimum absolute atomic E-state index is 0.0429. The van der Waals surface area contributed by atoms with Gasteiger partial charge in [0.2, 0.25) is 0 Å². The van der Waals surface area contributed by atoms with Crippen molar-refractivity contribution in [2.75, 3.05) is 6.54 Å². The Hall–Kier alpha value is -3.15. The van der Waals surface area contributed by atoms with Gasteiger partial charge in [0.15, 0.2) is 0 Å².